The molecule has 1 aromatic carbocycles. The van der Waals surface area contributed by atoms with Crippen LogP contribution in [0.25, 0.3) is 0 Å². The molecule has 2 aliphatic rings. The Bertz CT molecular complexity index is 740. The minimum absolute atomic E-state index is 0.0232. The molecule has 2 amide bonds. The minimum Gasteiger partial charge on any atom is -0.372 e. The van der Waals surface area contributed by atoms with Crippen LogP contribution in [0.5, 0.6) is 0 Å². The third-order valence-corrected chi connectivity index (χ3v) is 6.38. The number of hydrogen-bond donors (Lipinski definition) is 2. The molecule has 1 unspecified atom stereocenters. The molecule has 1 aromatic rings. The number of carbonyl (C=O) groups is 2. The van der Waals surface area contributed by atoms with Gasteiger partial charge in [0.1, 0.15) is 0 Å². The van der Waals surface area contributed by atoms with E-state index < -0.39 is 9.84 Å². The van der Waals surface area contributed by atoms with Crippen molar-refractivity contribution in [3.63, 3.8) is 0 Å². The summed E-state index contributed by atoms with van der Waals surface area (Å²) in [5.41, 5.74) is 1.61. The van der Waals surface area contributed by atoms with E-state index in [9.17, 15) is 18.0 Å². The van der Waals surface area contributed by atoms with Crippen molar-refractivity contribution in [1.29, 1.82) is 0 Å². The van der Waals surface area contributed by atoms with Crippen LogP contribution in [0.15, 0.2) is 24.3 Å². The Morgan fingerprint density at radius 3 is 2.40 bits per heavy atom. The Morgan fingerprint density at radius 2 is 1.80 bits per heavy atom. The second kappa shape index (κ2) is 7.43. The van der Waals surface area contributed by atoms with Crippen molar-refractivity contribution in [3.8, 4) is 0 Å². The Hall–Kier alpha value is -2.09. The molecule has 2 fully saturated rings. The zero-order valence-electron chi connectivity index (χ0n) is 14.0. The van der Waals surface area contributed by atoms with Gasteiger partial charge in [0.05, 0.1) is 18.1 Å². The summed E-state index contributed by atoms with van der Waals surface area (Å²) >= 11 is 0. The molecule has 0 bridgehead atoms. The second-order valence-corrected chi connectivity index (χ2v) is 8.82. The first-order chi connectivity index (χ1) is 11.9. The minimum atomic E-state index is -3.03. The number of rotatable bonds is 5. The predicted molar refractivity (Wildman–Crippen MR) is 95.4 cm³/mol. The van der Waals surface area contributed by atoms with Crippen LogP contribution >= 0.6 is 0 Å². The highest BCUT2D eigenvalue weighted by Crippen LogP contribution is 2.20. The van der Waals surface area contributed by atoms with Gasteiger partial charge in [-0.3, -0.25) is 9.59 Å². The highest BCUT2D eigenvalue weighted by molar-refractivity contribution is 7.91. The van der Waals surface area contributed by atoms with Crippen LogP contribution < -0.4 is 15.5 Å². The quantitative estimate of drug-likeness (QED) is 0.784. The topological polar surface area (TPSA) is 95.6 Å². The monoisotopic (exact) mass is 365 g/mol. The SMILES string of the molecule is O=C(CNC(=O)c1ccc(N2CCCC2)cc1)NC1CCS(=O)(=O)C1. The van der Waals surface area contributed by atoms with E-state index in [0.717, 1.165) is 18.8 Å². The molecule has 7 nitrogen and oxygen atoms in total. The molecule has 0 saturated carbocycles. The molecule has 136 valence electrons. The van der Waals surface area contributed by atoms with Gasteiger partial charge in [-0.05, 0) is 43.5 Å². The van der Waals surface area contributed by atoms with Crippen LogP contribution in [0.2, 0.25) is 0 Å². The Balaban J connectivity index is 1.46. The molecule has 0 radical (unpaired) electrons. The number of sulfone groups is 1. The molecule has 1 atom stereocenters. The highest BCUT2D eigenvalue weighted by atomic mass is 32.2. The van der Waals surface area contributed by atoms with E-state index in [-0.39, 0.29) is 35.9 Å². The Labute approximate surface area is 147 Å². The molecule has 2 saturated heterocycles. The fraction of sp³-hybridized carbons (Fsp3) is 0.529. The summed E-state index contributed by atoms with van der Waals surface area (Å²) in [6.07, 6.45) is 2.82. The summed E-state index contributed by atoms with van der Waals surface area (Å²) in [5, 5.41) is 5.22. The lowest BCUT2D eigenvalue weighted by Crippen LogP contribution is -2.42. The summed E-state index contributed by atoms with van der Waals surface area (Å²) in [6.45, 7) is 1.93. The molecule has 2 heterocycles. The van der Waals surface area contributed by atoms with E-state index in [2.05, 4.69) is 15.5 Å². The summed E-state index contributed by atoms with van der Waals surface area (Å²) in [5.74, 6) is -0.607. The van der Waals surface area contributed by atoms with Crippen molar-refractivity contribution in [2.75, 3.05) is 36.0 Å². The van der Waals surface area contributed by atoms with Crippen LogP contribution in [0.4, 0.5) is 5.69 Å². The first-order valence-electron chi connectivity index (χ1n) is 8.56. The molecule has 8 heteroatoms. The number of hydrogen-bond acceptors (Lipinski definition) is 5. The third-order valence-electron chi connectivity index (χ3n) is 4.61. The Kier molecular flexibility index (Phi) is 5.27. The van der Waals surface area contributed by atoms with Gasteiger partial charge in [0.15, 0.2) is 9.84 Å². The lowest BCUT2D eigenvalue weighted by molar-refractivity contribution is -0.120. The molecule has 2 N–H and O–H groups in total. The summed E-state index contributed by atoms with van der Waals surface area (Å²) in [7, 11) is -3.03. The van der Waals surface area contributed by atoms with Gasteiger partial charge in [0.25, 0.3) is 5.91 Å². The summed E-state index contributed by atoms with van der Waals surface area (Å²) < 4.78 is 22.7. The maximum Gasteiger partial charge on any atom is 0.251 e. The van der Waals surface area contributed by atoms with E-state index >= 15 is 0 Å². The number of carbonyl (C=O) groups excluding carboxylic acids is 2. The molecule has 3 rings (SSSR count). The standard InChI is InChI=1S/C17H23N3O4S/c21-16(19-14-7-10-25(23,24)12-14)11-18-17(22)13-3-5-15(6-4-13)20-8-1-2-9-20/h3-6,14H,1-2,7-12H2,(H,18,22)(H,19,21). The normalized spacial score (nSPS) is 21.9. The van der Waals surface area contributed by atoms with Gasteiger partial charge in [-0.25, -0.2) is 8.42 Å². The summed E-state index contributed by atoms with van der Waals surface area (Å²) in [6, 6.07) is 7.00. The van der Waals surface area contributed by atoms with Crippen LogP contribution in [0, 0.1) is 0 Å². The molecular weight excluding hydrogens is 342 g/mol. The van der Waals surface area contributed by atoms with Gasteiger partial charge >= 0.3 is 0 Å². The van der Waals surface area contributed by atoms with Gasteiger partial charge in [0, 0.05) is 30.4 Å². The highest BCUT2D eigenvalue weighted by Gasteiger charge is 2.28. The number of benzene rings is 1. The van der Waals surface area contributed by atoms with Gasteiger partial charge < -0.3 is 15.5 Å². The van der Waals surface area contributed by atoms with E-state index in [1.165, 1.54) is 12.8 Å². The number of nitrogens with zero attached hydrogens (tertiary/aromatic N) is 1. The van der Waals surface area contributed by atoms with Gasteiger partial charge in [-0.15, -0.1) is 0 Å². The molecule has 2 aliphatic heterocycles. The lowest BCUT2D eigenvalue weighted by atomic mass is 10.2. The van der Waals surface area contributed by atoms with Crippen LogP contribution in [-0.2, 0) is 14.6 Å². The zero-order chi connectivity index (χ0) is 17.9. The maximum absolute atomic E-state index is 12.1. The van der Waals surface area contributed by atoms with Gasteiger partial charge in [-0.2, -0.15) is 0 Å². The van der Waals surface area contributed by atoms with Gasteiger partial charge in [0.2, 0.25) is 5.91 Å². The van der Waals surface area contributed by atoms with E-state index in [1.54, 1.807) is 12.1 Å². The first-order valence-corrected chi connectivity index (χ1v) is 10.4. The van der Waals surface area contributed by atoms with Crippen LogP contribution in [0.1, 0.15) is 29.6 Å². The number of nitrogens with one attached hydrogen (secondary N) is 2. The van der Waals surface area contributed by atoms with Crippen LogP contribution in [-0.4, -0.2) is 57.4 Å². The molecule has 0 aliphatic carbocycles. The lowest BCUT2D eigenvalue weighted by Gasteiger charge is -2.17. The molecular formula is C17H23N3O4S. The van der Waals surface area contributed by atoms with E-state index in [0.29, 0.717) is 12.0 Å². The number of anilines is 1. The average Bonchev–Trinajstić information content (AvgIpc) is 3.22. The van der Waals surface area contributed by atoms with Crippen molar-refractivity contribution in [3.05, 3.63) is 29.8 Å². The van der Waals surface area contributed by atoms with E-state index in [1.807, 2.05) is 12.1 Å². The smallest absolute Gasteiger partial charge is 0.251 e. The zero-order valence-corrected chi connectivity index (χ0v) is 14.8. The maximum atomic E-state index is 12.1. The third kappa shape index (κ3) is 4.72. The van der Waals surface area contributed by atoms with Crippen molar-refractivity contribution in [2.45, 2.75) is 25.3 Å². The van der Waals surface area contributed by atoms with Crippen molar-refractivity contribution < 1.29 is 18.0 Å². The molecule has 0 aromatic heterocycles. The largest absolute Gasteiger partial charge is 0.372 e. The van der Waals surface area contributed by atoms with Crippen molar-refractivity contribution in [1.82, 2.24) is 10.6 Å². The van der Waals surface area contributed by atoms with Gasteiger partial charge in [-0.1, -0.05) is 0 Å². The van der Waals surface area contributed by atoms with E-state index in [4.69, 9.17) is 0 Å². The average molecular weight is 365 g/mol. The van der Waals surface area contributed by atoms with Crippen molar-refractivity contribution in [2.24, 2.45) is 0 Å². The summed E-state index contributed by atoms with van der Waals surface area (Å²) in [4.78, 5) is 26.3. The fourth-order valence-corrected chi connectivity index (χ4v) is 4.92. The number of amides is 2. The molecule has 25 heavy (non-hydrogen) atoms. The predicted octanol–water partition coefficient (Wildman–Crippen LogP) is 0.320. The van der Waals surface area contributed by atoms with Crippen LogP contribution in [0.3, 0.4) is 0 Å². The first kappa shape index (κ1) is 17.7. The Morgan fingerprint density at radius 1 is 1.12 bits per heavy atom. The molecule has 0 spiro atoms. The fourth-order valence-electron chi connectivity index (χ4n) is 3.25. The van der Waals surface area contributed by atoms with Crippen molar-refractivity contribution >= 4 is 27.3 Å². The second-order valence-electron chi connectivity index (χ2n) is 6.59.